The van der Waals surface area contributed by atoms with Gasteiger partial charge in [-0.1, -0.05) is 5.16 Å². The molecule has 2 aromatic heterocycles. The lowest BCUT2D eigenvalue weighted by Crippen LogP contribution is -2.29. The number of nitrogens with zero attached hydrogens (tertiary/aromatic N) is 4. The third kappa shape index (κ3) is 2.84. The summed E-state index contributed by atoms with van der Waals surface area (Å²) in [5.41, 5.74) is 3.85. The highest BCUT2D eigenvalue weighted by molar-refractivity contribution is 5.62. The minimum atomic E-state index is 0.435. The molecule has 1 aliphatic heterocycles. The summed E-state index contributed by atoms with van der Waals surface area (Å²) in [5.74, 6) is 1.02. The first-order chi connectivity index (χ1) is 11.3. The maximum absolute atomic E-state index is 5.31. The summed E-state index contributed by atoms with van der Waals surface area (Å²) >= 11 is 0. The van der Waals surface area contributed by atoms with Gasteiger partial charge in [0.15, 0.2) is 5.69 Å². The van der Waals surface area contributed by atoms with E-state index in [1.165, 1.54) is 24.9 Å². The van der Waals surface area contributed by atoms with Crippen LogP contribution in [0.4, 0.5) is 5.69 Å². The van der Waals surface area contributed by atoms with Crippen LogP contribution < -0.4 is 4.90 Å². The molecule has 1 aliphatic rings. The fourth-order valence-corrected chi connectivity index (χ4v) is 2.95. The van der Waals surface area contributed by atoms with Crippen molar-refractivity contribution in [1.82, 2.24) is 20.3 Å². The van der Waals surface area contributed by atoms with Crippen LogP contribution in [-0.4, -0.2) is 33.4 Å². The number of aryl methyl sites for hydroxylation is 1. The van der Waals surface area contributed by atoms with Crippen LogP contribution in [0, 0.1) is 6.92 Å². The number of H-pyrrole nitrogens is 1. The normalized spacial score (nSPS) is 15.1. The molecule has 0 unspecified atom stereocenters. The van der Waals surface area contributed by atoms with Gasteiger partial charge in [0.1, 0.15) is 0 Å². The van der Waals surface area contributed by atoms with E-state index in [2.05, 4.69) is 37.4 Å². The van der Waals surface area contributed by atoms with E-state index in [1.54, 1.807) is 0 Å². The summed E-state index contributed by atoms with van der Waals surface area (Å²) < 4.78 is 5.31. The summed E-state index contributed by atoms with van der Waals surface area (Å²) in [6.07, 6.45) is 3.89. The first kappa shape index (κ1) is 14.0. The van der Waals surface area contributed by atoms with Crippen molar-refractivity contribution in [2.75, 3.05) is 18.0 Å². The van der Waals surface area contributed by atoms with E-state index < -0.39 is 0 Å². The third-order valence-corrected chi connectivity index (χ3v) is 4.20. The SMILES string of the molecule is Cc1cc(-c2nc(-c3ccc(N4CCCCC4)cc3)no2)n[nH]1. The number of aromatic nitrogens is 4. The molecule has 0 amide bonds. The van der Waals surface area contributed by atoms with Crippen LogP contribution in [0.25, 0.3) is 23.0 Å². The second kappa shape index (κ2) is 5.87. The smallest absolute Gasteiger partial charge is 0.278 e. The van der Waals surface area contributed by atoms with Crippen LogP contribution in [0.1, 0.15) is 25.0 Å². The highest BCUT2D eigenvalue weighted by atomic mass is 16.5. The number of benzene rings is 1. The zero-order chi connectivity index (χ0) is 15.6. The monoisotopic (exact) mass is 309 g/mol. The van der Waals surface area contributed by atoms with Gasteiger partial charge in [0.05, 0.1) is 0 Å². The summed E-state index contributed by atoms with van der Waals surface area (Å²) in [7, 11) is 0. The van der Waals surface area contributed by atoms with Gasteiger partial charge in [0, 0.05) is 30.0 Å². The van der Waals surface area contributed by atoms with E-state index in [-0.39, 0.29) is 0 Å². The van der Waals surface area contributed by atoms with Gasteiger partial charge in [-0.3, -0.25) is 5.10 Å². The maximum atomic E-state index is 5.31. The van der Waals surface area contributed by atoms with Gasteiger partial charge >= 0.3 is 0 Å². The average molecular weight is 309 g/mol. The minimum absolute atomic E-state index is 0.435. The Bertz CT molecular complexity index is 783. The first-order valence-electron chi connectivity index (χ1n) is 8.01. The fourth-order valence-electron chi connectivity index (χ4n) is 2.95. The molecule has 23 heavy (non-hydrogen) atoms. The average Bonchev–Trinajstić information content (AvgIpc) is 3.25. The zero-order valence-electron chi connectivity index (χ0n) is 13.1. The van der Waals surface area contributed by atoms with E-state index in [9.17, 15) is 0 Å². The van der Waals surface area contributed by atoms with E-state index in [1.807, 2.05) is 25.1 Å². The van der Waals surface area contributed by atoms with Crippen LogP contribution in [-0.2, 0) is 0 Å². The molecule has 3 aromatic rings. The zero-order valence-corrected chi connectivity index (χ0v) is 13.1. The molecular weight excluding hydrogens is 290 g/mol. The lowest BCUT2D eigenvalue weighted by Gasteiger charge is -2.28. The largest absolute Gasteiger partial charge is 0.372 e. The highest BCUT2D eigenvalue weighted by Gasteiger charge is 2.14. The van der Waals surface area contributed by atoms with E-state index >= 15 is 0 Å². The Balaban J connectivity index is 1.55. The second-order valence-corrected chi connectivity index (χ2v) is 5.95. The third-order valence-electron chi connectivity index (χ3n) is 4.20. The molecule has 0 atom stereocenters. The van der Waals surface area contributed by atoms with E-state index in [4.69, 9.17) is 4.52 Å². The highest BCUT2D eigenvalue weighted by Crippen LogP contribution is 2.25. The minimum Gasteiger partial charge on any atom is -0.372 e. The molecule has 4 rings (SSSR count). The van der Waals surface area contributed by atoms with Crippen LogP contribution in [0.2, 0.25) is 0 Å². The number of hydrogen-bond donors (Lipinski definition) is 1. The molecule has 0 saturated carbocycles. The number of hydrogen-bond acceptors (Lipinski definition) is 5. The Kier molecular flexibility index (Phi) is 3.57. The lowest BCUT2D eigenvalue weighted by atomic mass is 10.1. The van der Waals surface area contributed by atoms with Crippen molar-refractivity contribution in [3.8, 4) is 23.0 Å². The molecule has 6 nitrogen and oxygen atoms in total. The molecule has 1 aromatic carbocycles. The van der Waals surface area contributed by atoms with Gasteiger partial charge in [-0.25, -0.2) is 0 Å². The molecule has 0 aliphatic carbocycles. The Morgan fingerprint density at radius 1 is 1.09 bits per heavy atom. The molecule has 1 N–H and O–H groups in total. The Morgan fingerprint density at radius 2 is 1.87 bits per heavy atom. The van der Waals surface area contributed by atoms with Crippen molar-refractivity contribution in [3.63, 3.8) is 0 Å². The molecule has 118 valence electrons. The molecule has 0 spiro atoms. The molecule has 0 bridgehead atoms. The first-order valence-corrected chi connectivity index (χ1v) is 8.01. The summed E-state index contributed by atoms with van der Waals surface area (Å²) in [6.45, 7) is 4.22. The Hall–Kier alpha value is -2.63. The van der Waals surface area contributed by atoms with Crippen molar-refractivity contribution >= 4 is 5.69 Å². The molecule has 0 radical (unpaired) electrons. The van der Waals surface area contributed by atoms with Gasteiger partial charge in [0.25, 0.3) is 5.89 Å². The molecule has 1 saturated heterocycles. The Labute approximate surface area is 134 Å². The maximum Gasteiger partial charge on any atom is 0.278 e. The number of aromatic amines is 1. The number of nitrogens with one attached hydrogen (secondary N) is 1. The van der Waals surface area contributed by atoms with Crippen molar-refractivity contribution in [3.05, 3.63) is 36.0 Å². The number of anilines is 1. The van der Waals surface area contributed by atoms with Gasteiger partial charge in [-0.15, -0.1) is 0 Å². The number of rotatable bonds is 3. The van der Waals surface area contributed by atoms with Crippen LogP contribution in [0.15, 0.2) is 34.9 Å². The lowest BCUT2D eigenvalue weighted by molar-refractivity contribution is 0.431. The van der Waals surface area contributed by atoms with Crippen LogP contribution in [0.5, 0.6) is 0 Å². The Morgan fingerprint density at radius 3 is 2.57 bits per heavy atom. The summed E-state index contributed by atoms with van der Waals surface area (Å²) in [5, 5.41) is 11.1. The fraction of sp³-hybridized carbons (Fsp3) is 0.353. The second-order valence-electron chi connectivity index (χ2n) is 5.95. The van der Waals surface area contributed by atoms with Crippen molar-refractivity contribution in [2.45, 2.75) is 26.2 Å². The molecular formula is C17H19N5O. The van der Waals surface area contributed by atoms with Gasteiger partial charge in [-0.2, -0.15) is 10.1 Å². The quantitative estimate of drug-likeness (QED) is 0.802. The topological polar surface area (TPSA) is 70.8 Å². The van der Waals surface area contributed by atoms with Crippen LogP contribution >= 0.6 is 0 Å². The summed E-state index contributed by atoms with van der Waals surface area (Å²) in [4.78, 5) is 6.86. The molecule has 3 heterocycles. The van der Waals surface area contributed by atoms with E-state index in [0.717, 1.165) is 24.3 Å². The van der Waals surface area contributed by atoms with Gasteiger partial charge in [0.2, 0.25) is 5.82 Å². The molecule has 1 fully saturated rings. The van der Waals surface area contributed by atoms with Gasteiger partial charge < -0.3 is 9.42 Å². The van der Waals surface area contributed by atoms with Gasteiger partial charge in [-0.05, 0) is 56.5 Å². The van der Waals surface area contributed by atoms with E-state index in [0.29, 0.717) is 17.4 Å². The summed E-state index contributed by atoms with van der Waals surface area (Å²) in [6, 6.07) is 10.3. The standard InChI is InChI=1S/C17H19N5O/c1-12-11-15(20-19-12)17-18-16(21-23-17)13-5-7-14(8-6-13)22-9-3-2-4-10-22/h5-8,11H,2-4,9-10H2,1H3,(H,19,20). The van der Waals surface area contributed by atoms with Crippen molar-refractivity contribution < 1.29 is 4.52 Å². The van der Waals surface area contributed by atoms with Crippen molar-refractivity contribution in [1.29, 1.82) is 0 Å². The number of piperidine rings is 1. The predicted molar refractivity (Wildman–Crippen MR) is 88.1 cm³/mol. The predicted octanol–water partition coefficient (Wildman–Crippen LogP) is 3.43. The molecule has 6 heteroatoms. The van der Waals surface area contributed by atoms with Crippen LogP contribution in [0.3, 0.4) is 0 Å². The van der Waals surface area contributed by atoms with Crippen molar-refractivity contribution in [2.24, 2.45) is 0 Å².